The first-order valence-corrected chi connectivity index (χ1v) is 5.63. The highest BCUT2D eigenvalue weighted by atomic mass is 16.5. The molecular weight excluding hydrogens is 196 g/mol. The normalized spacial score (nSPS) is 25.6. The van der Waals surface area contributed by atoms with Crippen molar-refractivity contribution in [3.63, 3.8) is 0 Å². The maximum Gasteiger partial charge on any atom is 0.101 e. The Bertz CT molecular complexity index is 150. The summed E-state index contributed by atoms with van der Waals surface area (Å²) in [6.45, 7) is 8.74. The summed E-state index contributed by atoms with van der Waals surface area (Å²) in [6, 6.07) is 0. The molecule has 0 unspecified atom stereocenters. The molecule has 2 aliphatic rings. The average molecular weight is 216 g/mol. The Hall–Kier alpha value is -0.200. The van der Waals surface area contributed by atoms with Crippen LogP contribution in [0.2, 0.25) is 0 Å². The molecule has 0 aromatic carbocycles. The summed E-state index contributed by atoms with van der Waals surface area (Å²) in [4.78, 5) is 4.56. The number of ether oxygens (including phenoxy) is 3. The van der Waals surface area contributed by atoms with E-state index in [1.807, 2.05) is 0 Å². The summed E-state index contributed by atoms with van der Waals surface area (Å²) in [6.07, 6.45) is 0. The average Bonchev–Trinajstić information content (AvgIpc) is 2.32. The highest BCUT2D eigenvalue weighted by Crippen LogP contribution is 1.99. The molecule has 5 nitrogen and oxygen atoms in total. The van der Waals surface area contributed by atoms with E-state index in [1.165, 1.54) is 0 Å². The van der Waals surface area contributed by atoms with E-state index < -0.39 is 0 Å². The minimum absolute atomic E-state index is 0.723. The maximum atomic E-state index is 5.65. The molecule has 88 valence electrons. The molecule has 0 aliphatic carbocycles. The zero-order chi connectivity index (χ0) is 10.3. The number of hydrogen-bond acceptors (Lipinski definition) is 5. The van der Waals surface area contributed by atoms with Gasteiger partial charge in [-0.2, -0.15) is 0 Å². The Labute approximate surface area is 90.9 Å². The lowest BCUT2D eigenvalue weighted by atomic mass is 10.4. The van der Waals surface area contributed by atoms with Crippen molar-refractivity contribution in [3.8, 4) is 0 Å². The molecule has 0 aromatic heterocycles. The van der Waals surface area contributed by atoms with Gasteiger partial charge in [-0.1, -0.05) is 0 Å². The van der Waals surface area contributed by atoms with Gasteiger partial charge in [0.15, 0.2) is 0 Å². The van der Waals surface area contributed by atoms with Crippen LogP contribution < -0.4 is 0 Å². The smallest absolute Gasteiger partial charge is 0.101 e. The van der Waals surface area contributed by atoms with Crippen LogP contribution in [0.4, 0.5) is 0 Å². The minimum atomic E-state index is 0.723. The Kier molecular flexibility index (Phi) is 4.82. The third-order valence-corrected chi connectivity index (χ3v) is 2.76. The highest BCUT2D eigenvalue weighted by Gasteiger charge is 2.12. The SMILES string of the molecule is C1CN(COCN2CCOCC2)CCO1. The van der Waals surface area contributed by atoms with Crippen LogP contribution in [0.3, 0.4) is 0 Å². The van der Waals surface area contributed by atoms with Crippen LogP contribution in [0, 0.1) is 0 Å². The molecule has 0 bridgehead atoms. The van der Waals surface area contributed by atoms with E-state index in [2.05, 4.69) is 9.80 Å². The van der Waals surface area contributed by atoms with Gasteiger partial charge < -0.3 is 14.2 Å². The third kappa shape index (κ3) is 4.04. The zero-order valence-electron chi connectivity index (χ0n) is 9.19. The van der Waals surface area contributed by atoms with Gasteiger partial charge in [0.25, 0.3) is 0 Å². The van der Waals surface area contributed by atoms with Crippen LogP contribution in [-0.2, 0) is 14.2 Å². The highest BCUT2D eigenvalue weighted by molar-refractivity contribution is 4.59. The molecule has 0 spiro atoms. The predicted molar refractivity (Wildman–Crippen MR) is 55.6 cm³/mol. The van der Waals surface area contributed by atoms with Gasteiger partial charge in [0.1, 0.15) is 13.5 Å². The molecule has 2 heterocycles. The van der Waals surface area contributed by atoms with Crippen molar-refractivity contribution in [2.24, 2.45) is 0 Å². The lowest BCUT2D eigenvalue weighted by molar-refractivity contribution is -0.0811. The second-order valence-electron chi connectivity index (χ2n) is 3.92. The van der Waals surface area contributed by atoms with Crippen LogP contribution >= 0.6 is 0 Å². The summed E-state index contributed by atoms with van der Waals surface area (Å²) < 4.78 is 16.2. The fourth-order valence-electron chi connectivity index (χ4n) is 1.76. The van der Waals surface area contributed by atoms with Gasteiger partial charge in [0, 0.05) is 26.2 Å². The van der Waals surface area contributed by atoms with Crippen molar-refractivity contribution in [3.05, 3.63) is 0 Å². The molecule has 5 heteroatoms. The first-order valence-electron chi connectivity index (χ1n) is 5.63. The summed E-state index contributed by atoms with van der Waals surface area (Å²) in [5.74, 6) is 0. The van der Waals surface area contributed by atoms with Gasteiger partial charge in [-0.05, 0) is 0 Å². The quantitative estimate of drug-likeness (QED) is 0.638. The van der Waals surface area contributed by atoms with E-state index >= 15 is 0 Å². The molecule has 2 aliphatic heterocycles. The molecule has 0 N–H and O–H groups in total. The van der Waals surface area contributed by atoms with Crippen molar-refractivity contribution in [1.29, 1.82) is 0 Å². The van der Waals surface area contributed by atoms with E-state index in [0.29, 0.717) is 0 Å². The van der Waals surface area contributed by atoms with Crippen LogP contribution in [0.25, 0.3) is 0 Å². The van der Waals surface area contributed by atoms with E-state index in [4.69, 9.17) is 14.2 Å². The lowest BCUT2D eigenvalue weighted by Gasteiger charge is -2.29. The van der Waals surface area contributed by atoms with Crippen molar-refractivity contribution in [2.75, 3.05) is 66.1 Å². The summed E-state index contributed by atoms with van der Waals surface area (Å²) >= 11 is 0. The first-order chi connectivity index (χ1) is 7.45. The van der Waals surface area contributed by atoms with Crippen molar-refractivity contribution in [1.82, 2.24) is 9.80 Å². The largest absolute Gasteiger partial charge is 0.379 e. The fraction of sp³-hybridized carbons (Fsp3) is 1.00. The second kappa shape index (κ2) is 6.40. The molecule has 0 aromatic rings. The summed E-state index contributed by atoms with van der Waals surface area (Å²) in [5.41, 5.74) is 0. The molecule has 2 rings (SSSR count). The van der Waals surface area contributed by atoms with E-state index in [0.717, 1.165) is 66.1 Å². The van der Waals surface area contributed by atoms with Crippen LogP contribution in [0.5, 0.6) is 0 Å². The zero-order valence-corrected chi connectivity index (χ0v) is 9.19. The van der Waals surface area contributed by atoms with Crippen LogP contribution in [-0.4, -0.2) is 75.9 Å². The van der Waals surface area contributed by atoms with Gasteiger partial charge in [-0.25, -0.2) is 0 Å². The molecular formula is C10H20N2O3. The first kappa shape index (κ1) is 11.3. The minimum Gasteiger partial charge on any atom is -0.379 e. The van der Waals surface area contributed by atoms with Gasteiger partial charge in [0.2, 0.25) is 0 Å². The van der Waals surface area contributed by atoms with E-state index in [-0.39, 0.29) is 0 Å². The fourth-order valence-corrected chi connectivity index (χ4v) is 1.76. The number of hydrogen-bond donors (Lipinski definition) is 0. The Morgan fingerprint density at radius 3 is 1.53 bits per heavy atom. The van der Waals surface area contributed by atoms with Gasteiger partial charge in [-0.3, -0.25) is 9.80 Å². The summed E-state index contributed by atoms with van der Waals surface area (Å²) in [7, 11) is 0. The number of nitrogens with zero attached hydrogens (tertiary/aromatic N) is 2. The number of morpholine rings is 2. The molecule has 0 radical (unpaired) electrons. The van der Waals surface area contributed by atoms with Crippen LogP contribution in [0.15, 0.2) is 0 Å². The third-order valence-electron chi connectivity index (χ3n) is 2.76. The molecule has 0 saturated carbocycles. The topological polar surface area (TPSA) is 34.2 Å². The van der Waals surface area contributed by atoms with Gasteiger partial charge in [-0.15, -0.1) is 0 Å². The van der Waals surface area contributed by atoms with E-state index in [9.17, 15) is 0 Å². The molecule has 15 heavy (non-hydrogen) atoms. The molecule has 2 fully saturated rings. The summed E-state index contributed by atoms with van der Waals surface area (Å²) in [5, 5.41) is 0. The van der Waals surface area contributed by atoms with Gasteiger partial charge in [0.05, 0.1) is 26.4 Å². The maximum absolute atomic E-state index is 5.65. The Morgan fingerprint density at radius 2 is 1.13 bits per heavy atom. The second-order valence-corrected chi connectivity index (χ2v) is 3.92. The Morgan fingerprint density at radius 1 is 0.733 bits per heavy atom. The Balaban J connectivity index is 1.53. The molecule has 0 atom stereocenters. The van der Waals surface area contributed by atoms with Crippen LogP contribution in [0.1, 0.15) is 0 Å². The molecule has 2 saturated heterocycles. The number of rotatable bonds is 4. The van der Waals surface area contributed by atoms with Crippen molar-refractivity contribution >= 4 is 0 Å². The van der Waals surface area contributed by atoms with Crippen molar-refractivity contribution in [2.45, 2.75) is 0 Å². The van der Waals surface area contributed by atoms with Gasteiger partial charge >= 0.3 is 0 Å². The standard InChI is InChI=1S/C10H20N2O3/c1-5-13-6-2-11(1)9-15-10-12-3-7-14-8-4-12/h1-10H2. The van der Waals surface area contributed by atoms with E-state index in [1.54, 1.807) is 0 Å². The lowest BCUT2D eigenvalue weighted by Crippen LogP contribution is -2.41. The predicted octanol–water partition coefficient (Wildman–Crippen LogP) is -0.418. The molecule has 0 amide bonds. The monoisotopic (exact) mass is 216 g/mol. The van der Waals surface area contributed by atoms with Crippen molar-refractivity contribution < 1.29 is 14.2 Å².